The van der Waals surface area contributed by atoms with Gasteiger partial charge < -0.3 is 9.80 Å². The quantitative estimate of drug-likeness (QED) is 0.153. The highest BCUT2D eigenvalue weighted by Gasteiger charge is 2.49. The molecule has 1 spiro atoms. The Morgan fingerprint density at radius 2 is 1.25 bits per heavy atom. The molecule has 2 nitrogen and oxygen atoms in total. The van der Waals surface area contributed by atoms with E-state index in [1.807, 2.05) is 0 Å². The molecule has 0 saturated heterocycles. The number of benzene rings is 7. The Hall–Kier alpha value is -5.84. The molecule has 1 aromatic heterocycles. The fourth-order valence-corrected chi connectivity index (χ4v) is 16.4. The van der Waals surface area contributed by atoms with Crippen LogP contribution in [-0.4, -0.2) is 6.71 Å². The van der Waals surface area contributed by atoms with E-state index in [4.69, 9.17) is 0 Å². The van der Waals surface area contributed by atoms with Crippen molar-refractivity contribution >= 4 is 78.0 Å². The molecule has 0 amide bonds. The summed E-state index contributed by atoms with van der Waals surface area (Å²) >= 11 is 2.08. The van der Waals surface area contributed by atoms with Gasteiger partial charge in [0.05, 0.1) is 11.4 Å². The molecule has 4 aliphatic carbocycles. The molecule has 0 bridgehead atoms. The Labute approximate surface area is 440 Å². The molecule has 4 heteroatoms. The third kappa shape index (κ3) is 7.30. The summed E-state index contributed by atoms with van der Waals surface area (Å²) in [5, 5.41) is 1.45. The first kappa shape index (κ1) is 45.8. The maximum absolute atomic E-state index is 2.87. The van der Waals surface area contributed by atoms with Gasteiger partial charge in [0.25, 0.3) is 6.71 Å². The molecule has 14 rings (SSSR count). The van der Waals surface area contributed by atoms with Crippen LogP contribution < -0.4 is 25.5 Å². The summed E-state index contributed by atoms with van der Waals surface area (Å²) in [6.45, 7) is 11.9. The van der Waals surface area contributed by atoms with E-state index in [0.29, 0.717) is 17.8 Å². The molecule has 3 fully saturated rings. The van der Waals surface area contributed by atoms with Crippen LogP contribution in [-0.2, 0) is 10.8 Å². The van der Waals surface area contributed by atoms with Crippen molar-refractivity contribution in [1.82, 2.24) is 0 Å². The lowest BCUT2D eigenvalue weighted by molar-refractivity contribution is 0.353. The van der Waals surface area contributed by atoms with Crippen LogP contribution in [0, 0.1) is 0 Å². The van der Waals surface area contributed by atoms with Gasteiger partial charge in [-0.2, -0.15) is 0 Å². The zero-order chi connectivity index (χ0) is 49.2. The van der Waals surface area contributed by atoms with Crippen LogP contribution in [0.15, 0.2) is 140 Å². The van der Waals surface area contributed by atoms with Crippen molar-refractivity contribution in [2.75, 3.05) is 9.80 Å². The highest BCUT2D eigenvalue weighted by atomic mass is 32.1. The molecule has 8 aromatic rings. The molecule has 366 valence electrons. The van der Waals surface area contributed by atoms with E-state index in [0.717, 1.165) is 0 Å². The molecule has 0 N–H and O–H groups in total. The van der Waals surface area contributed by atoms with Crippen molar-refractivity contribution in [1.29, 1.82) is 0 Å². The first-order chi connectivity index (χ1) is 35.6. The molecule has 0 atom stereocenters. The number of rotatable bonds is 6. The Bertz CT molecular complexity index is 3440. The van der Waals surface area contributed by atoms with Gasteiger partial charge in [-0.1, -0.05) is 183 Å². The Balaban J connectivity index is 1.07. The third-order valence-electron chi connectivity index (χ3n) is 19.0. The SMILES string of the molecule is CC(C)c1cccc(-c2ccc(N3c4ccc(C(C)(C)C)cc4B4c5sc6ccc(C7CCCCC7)cc6c5N(c5cccc6c5-c5ccccc5C65CCCCC5)c5cc(C6CCCCC6)cc3c54)cc2)c1. The monoisotopic (exact) mass is 971 g/mol. The predicted octanol–water partition coefficient (Wildman–Crippen LogP) is 18.4. The molecule has 3 saturated carbocycles. The third-order valence-corrected chi connectivity index (χ3v) is 20.2. The molecule has 0 unspecified atom stereocenters. The predicted molar refractivity (Wildman–Crippen MR) is 315 cm³/mol. The van der Waals surface area contributed by atoms with Crippen molar-refractivity contribution in [3.05, 3.63) is 173 Å². The van der Waals surface area contributed by atoms with E-state index in [9.17, 15) is 0 Å². The average molecular weight is 971 g/mol. The number of nitrogens with zero attached hydrogens (tertiary/aromatic N) is 2. The molecule has 73 heavy (non-hydrogen) atoms. The van der Waals surface area contributed by atoms with Gasteiger partial charge in [-0.05, 0) is 171 Å². The van der Waals surface area contributed by atoms with Gasteiger partial charge in [0.2, 0.25) is 0 Å². The first-order valence-corrected chi connectivity index (χ1v) is 29.4. The zero-order valence-corrected chi connectivity index (χ0v) is 44.8. The molecule has 7 aromatic carbocycles. The highest BCUT2D eigenvalue weighted by Crippen LogP contribution is 2.60. The lowest BCUT2D eigenvalue weighted by atomic mass is 9.36. The highest BCUT2D eigenvalue weighted by molar-refractivity contribution is 7.33. The number of fused-ring (bicyclic) bond motifs is 11. The van der Waals surface area contributed by atoms with Crippen LogP contribution in [0.25, 0.3) is 32.3 Å². The number of hydrogen-bond acceptors (Lipinski definition) is 3. The summed E-state index contributed by atoms with van der Waals surface area (Å²) < 4.78 is 2.92. The molecule has 2 aliphatic heterocycles. The van der Waals surface area contributed by atoms with Gasteiger partial charge in [0.1, 0.15) is 0 Å². The summed E-state index contributed by atoms with van der Waals surface area (Å²) in [5.41, 5.74) is 25.5. The van der Waals surface area contributed by atoms with E-state index in [-0.39, 0.29) is 17.5 Å². The smallest absolute Gasteiger partial charge is 0.264 e. The topological polar surface area (TPSA) is 6.48 Å². The van der Waals surface area contributed by atoms with Gasteiger partial charge in [0, 0.05) is 48.6 Å². The number of anilines is 6. The van der Waals surface area contributed by atoms with E-state index in [1.54, 1.807) is 16.7 Å². The van der Waals surface area contributed by atoms with Crippen molar-refractivity contribution in [3.63, 3.8) is 0 Å². The Morgan fingerprint density at radius 3 is 1.99 bits per heavy atom. The maximum Gasteiger partial charge on any atom is 0.264 e. The fraction of sp³-hybridized carbons (Fsp3) is 0.362. The van der Waals surface area contributed by atoms with Crippen LogP contribution in [0.5, 0.6) is 0 Å². The summed E-state index contributed by atoms with van der Waals surface area (Å²) in [5.74, 6) is 1.65. The van der Waals surface area contributed by atoms with Crippen molar-refractivity contribution in [2.45, 2.75) is 160 Å². The van der Waals surface area contributed by atoms with Crippen LogP contribution in [0.2, 0.25) is 0 Å². The second kappa shape index (κ2) is 17.7. The molecule has 6 aliphatic rings. The first-order valence-electron chi connectivity index (χ1n) is 28.6. The maximum atomic E-state index is 2.87. The molecular weight excluding hydrogens is 900 g/mol. The molecule has 3 heterocycles. The fourth-order valence-electron chi connectivity index (χ4n) is 15.1. The van der Waals surface area contributed by atoms with Crippen molar-refractivity contribution < 1.29 is 0 Å². The minimum Gasteiger partial charge on any atom is -0.311 e. The normalized spacial score (nSPS) is 18.2. The van der Waals surface area contributed by atoms with Gasteiger partial charge >= 0.3 is 0 Å². The molecule has 0 radical (unpaired) electrons. The summed E-state index contributed by atoms with van der Waals surface area (Å²) in [6, 6.07) is 56.6. The second-order valence-corrected chi connectivity index (χ2v) is 25.6. The zero-order valence-electron chi connectivity index (χ0n) is 44.0. The minimum atomic E-state index is -0.00830. The van der Waals surface area contributed by atoms with Gasteiger partial charge in [-0.25, -0.2) is 0 Å². The lowest BCUT2D eigenvalue weighted by Crippen LogP contribution is -2.60. The Kier molecular flexibility index (Phi) is 11.1. The van der Waals surface area contributed by atoms with E-state index < -0.39 is 0 Å². The largest absolute Gasteiger partial charge is 0.311 e. The van der Waals surface area contributed by atoms with Crippen LogP contribution >= 0.6 is 11.3 Å². The summed E-state index contributed by atoms with van der Waals surface area (Å²) in [4.78, 5) is 5.57. The minimum absolute atomic E-state index is 0.00830. The van der Waals surface area contributed by atoms with E-state index >= 15 is 0 Å². The number of hydrogen-bond donors (Lipinski definition) is 0. The average Bonchev–Trinajstić information content (AvgIpc) is 3.94. The Morgan fingerprint density at radius 1 is 0.562 bits per heavy atom. The van der Waals surface area contributed by atoms with Crippen LogP contribution in [0.4, 0.5) is 34.1 Å². The summed E-state index contributed by atoms with van der Waals surface area (Å²) in [7, 11) is 0. The van der Waals surface area contributed by atoms with Crippen LogP contribution in [0.1, 0.15) is 182 Å². The van der Waals surface area contributed by atoms with E-state index in [2.05, 4.69) is 195 Å². The summed E-state index contributed by atoms with van der Waals surface area (Å²) in [6.07, 6.45) is 19.5. The van der Waals surface area contributed by atoms with Crippen molar-refractivity contribution in [2.24, 2.45) is 0 Å². The van der Waals surface area contributed by atoms with Gasteiger partial charge in [0.15, 0.2) is 0 Å². The standard InChI is InChI=1S/C69H71BN2S/c1-44(2)48-23-17-24-49(39-48)47-29-33-53(34-30-47)71-59-35-32-52(68(3,4)5)43-58(59)70-65-61(71)41-51(46-21-11-7-12-22-46)42-62(65)72(66-55-40-50(45-19-9-6-10-20-45)31-36-63(55)73-67(66)70)60-28-18-27-57-64(60)54-25-13-14-26-56(54)69(57)37-15-8-16-38-69/h13-14,17-18,23-36,39-46H,6-12,15-16,19-22,37-38H2,1-5H3. The second-order valence-electron chi connectivity index (χ2n) is 24.6. The van der Waals surface area contributed by atoms with Crippen molar-refractivity contribution in [3.8, 4) is 22.3 Å². The van der Waals surface area contributed by atoms with Gasteiger partial charge in [-0.15, -0.1) is 11.3 Å². The van der Waals surface area contributed by atoms with Gasteiger partial charge in [-0.3, -0.25) is 0 Å². The number of thiophene rings is 1. The molecular formula is C69H71BN2S. The lowest BCUT2D eigenvalue weighted by Gasteiger charge is -2.44. The van der Waals surface area contributed by atoms with Crippen LogP contribution in [0.3, 0.4) is 0 Å². The van der Waals surface area contributed by atoms with E-state index in [1.165, 1.54) is 195 Å².